The van der Waals surface area contributed by atoms with Crippen LogP contribution < -0.4 is 9.62 Å². The Balaban J connectivity index is 2.89. The van der Waals surface area contributed by atoms with Crippen LogP contribution in [-0.4, -0.2) is 60.0 Å². The summed E-state index contributed by atoms with van der Waals surface area (Å²) >= 11 is 0. The maximum atomic E-state index is 11.9. The third-order valence-corrected chi connectivity index (χ3v) is 4.12. The lowest BCUT2D eigenvalue weighted by atomic mass is 10.2. The summed E-state index contributed by atoms with van der Waals surface area (Å²) in [4.78, 5) is 23.5. The molecule has 24 heavy (non-hydrogen) atoms. The molecule has 1 aromatic rings. The Labute approximate surface area is 141 Å². The molecule has 0 aliphatic heterocycles. The normalized spacial score (nSPS) is 11.0. The second-order valence-electron chi connectivity index (χ2n) is 4.88. The van der Waals surface area contributed by atoms with Gasteiger partial charge in [-0.3, -0.25) is 9.10 Å². The van der Waals surface area contributed by atoms with Crippen molar-refractivity contribution >= 4 is 27.6 Å². The molecule has 1 amide bonds. The number of hydrogen-bond donors (Lipinski definition) is 1. The Bertz CT molecular complexity index is 657. The van der Waals surface area contributed by atoms with E-state index in [1.807, 2.05) is 0 Å². The van der Waals surface area contributed by atoms with Crippen molar-refractivity contribution in [1.29, 1.82) is 0 Å². The molecule has 0 heterocycles. The number of carbonyl (C=O) groups is 2. The Kier molecular flexibility index (Phi) is 7.66. The fourth-order valence-corrected chi connectivity index (χ4v) is 2.71. The molecule has 1 aromatic carbocycles. The van der Waals surface area contributed by atoms with E-state index in [9.17, 15) is 18.0 Å². The molecule has 9 heteroatoms. The van der Waals surface area contributed by atoms with Crippen molar-refractivity contribution in [2.75, 3.05) is 44.0 Å². The lowest BCUT2D eigenvalue weighted by molar-refractivity contribution is -0.119. The first-order valence-electron chi connectivity index (χ1n) is 7.30. The van der Waals surface area contributed by atoms with Gasteiger partial charge in [0.15, 0.2) is 0 Å². The van der Waals surface area contributed by atoms with E-state index in [0.29, 0.717) is 12.2 Å². The number of sulfonamides is 1. The van der Waals surface area contributed by atoms with Gasteiger partial charge in [-0.15, -0.1) is 0 Å². The number of methoxy groups -OCH3 is 1. The molecule has 0 fully saturated rings. The molecule has 1 N–H and O–H groups in total. The molecule has 1 rings (SSSR count). The van der Waals surface area contributed by atoms with Crippen molar-refractivity contribution in [3.8, 4) is 0 Å². The largest absolute Gasteiger partial charge is 0.462 e. The predicted octanol–water partition coefficient (Wildman–Crippen LogP) is 0.392. The Morgan fingerprint density at radius 3 is 2.33 bits per heavy atom. The van der Waals surface area contributed by atoms with E-state index in [1.165, 1.54) is 31.4 Å². The maximum Gasteiger partial charge on any atom is 0.338 e. The van der Waals surface area contributed by atoms with Crippen LogP contribution in [0.25, 0.3) is 0 Å². The molecule has 0 unspecified atom stereocenters. The average molecular weight is 358 g/mol. The van der Waals surface area contributed by atoms with Crippen molar-refractivity contribution in [2.24, 2.45) is 0 Å². The summed E-state index contributed by atoms with van der Waals surface area (Å²) in [6, 6.07) is 5.81. The smallest absolute Gasteiger partial charge is 0.338 e. The highest BCUT2D eigenvalue weighted by molar-refractivity contribution is 7.92. The van der Waals surface area contributed by atoms with Crippen LogP contribution in [0.2, 0.25) is 0 Å². The second-order valence-corrected chi connectivity index (χ2v) is 6.79. The summed E-state index contributed by atoms with van der Waals surface area (Å²) in [5, 5.41) is 2.56. The highest BCUT2D eigenvalue weighted by Gasteiger charge is 2.21. The quantitative estimate of drug-likeness (QED) is 0.506. The fourth-order valence-electron chi connectivity index (χ4n) is 1.86. The third kappa shape index (κ3) is 6.17. The summed E-state index contributed by atoms with van der Waals surface area (Å²) in [5.41, 5.74) is 0.589. The van der Waals surface area contributed by atoms with Crippen LogP contribution in [0.3, 0.4) is 0 Å². The van der Waals surface area contributed by atoms with Gasteiger partial charge in [0, 0.05) is 13.7 Å². The molecule has 0 atom stereocenters. The zero-order chi connectivity index (χ0) is 18.2. The first-order valence-corrected chi connectivity index (χ1v) is 9.15. The van der Waals surface area contributed by atoms with E-state index >= 15 is 0 Å². The number of esters is 1. The first-order chi connectivity index (χ1) is 11.3. The minimum atomic E-state index is -3.66. The lowest BCUT2D eigenvalue weighted by Gasteiger charge is -2.22. The van der Waals surface area contributed by atoms with E-state index in [-0.39, 0.29) is 25.4 Å². The van der Waals surface area contributed by atoms with Gasteiger partial charge >= 0.3 is 5.97 Å². The topological polar surface area (TPSA) is 102 Å². The van der Waals surface area contributed by atoms with Crippen LogP contribution in [0.15, 0.2) is 24.3 Å². The molecule has 0 radical (unpaired) electrons. The number of carbonyl (C=O) groups excluding carboxylic acids is 2. The van der Waals surface area contributed by atoms with Gasteiger partial charge < -0.3 is 14.8 Å². The predicted molar refractivity (Wildman–Crippen MR) is 89.5 cm³/mol. The van der Waals surface area contributed by atoms with Gasteiger partial charge in [-0.25, -0.2) is 13.2 Å². The molecule has 0 aliphatic carbocycles. The number of nitrogens with one attached hydrogen (secondary N) is 1. The van der Waals surface area contributed by atoms with Crippen LogP contribution in [-0.2, 0) is 24.3 Å². The third-order valence-electron chi connectivity index (χ3n) is 2.98. The lowest BCUT2D eigenvalue weighted by Crippen LogP contribution is -2.41. The summed E-state index contributed by atoms with van der Waals surface area (Å²) in [7, 11) is -2.16. The van der Waals surface area contributed by atoms with Gasteiger partial charge in [0.05, 0.1) is 30.7 Å². The number of ether oxygens (including phenoxy) is 2. The Morgan fingerprint density at radius 2 is 1.83 bits per heavy atom. The number of hydrogen-bond acceptors (Lipinski definition) is 6. The SMILES string of the molecule is CCOC(=O)c1ccc(N(CC(=O)NCCOC)S(C)(=O)=O)cc1. The molecular formula is C15H22N2O6S. The van der Waals surface area contributed by atoms with Crippen molar-refractivity contribution in [1.82, 2.24) is 5.32 Å². The van der Waals surface area contributed by atoms with Crippen LogP contribution in [0.5, 0.6) is 0 Å². The van der Waals surface area contributed by atoms with E-state index in [1.54, 1.807) is 6.92 Å². The molecule has 8 nitrogen and oxygen atoms in total. The molecule has 0 saturated heterocycles. The molecule has 134 valence electrons. The number of nitrogens with zero attached hydrogens (tertiary/aromatic N) is 1. The second kappa shape index (κ2) is 9.24. The molecule has 0 saturated carbocycles. The number of rotatable bonds is 9. The molecule has 0 bridgehead atoms. The van der Waals surface area contributed by atoms with Gasteiger partial charge in [0.1, 0.15) is 6.54 Å². The van der Waals surface area contributed by atoms with Crippen molar-refractivity contribution in [2.45, 2.75) is 6.92 Å². The van der Waals surface area contributed by atoms with Crippen LogP contribution in [0, 0.1) is 0 Å². The first kappa shape index (κ1) is 19.9. The zero-order valence-corrected chi connectivity index (χ0v) is 14.8. The Morgan fingerprint density at radius 1 is 1.21 bits per heavy atom. The minimum Gasteiger partial charge on any atom is -0.462 e. The summed E-state index contributed by atoms with van der Waals surface area (Å²) in [6.45, 7) is 2.20. The summed E-state index contributed by atoms with van der Waals surface area (Å²) in [5.74, 6) is -0.945. The number of benzene rings is 1. The molecule has 0 aromatic heterocycles. The summed E-state index contributed by atoms with van der Waals surface area (Å²) in [6.07, 6.45) is 1.01. The van der Waals surface area contributed by atoms with Crippen LogP contribution in [0.4, 0.5) is 5.69 Å². The number of amides is 1. The van der Waals surface area contributed by atoms with Crippen molar-refractivity contribution < 1.29 is 27.5 Å². The van der Waals surface area contributed by atoms with Gasteiger partial charge in [0.25, 0.3) is 0 Å². The average Bonchev–Trinajstić information content (AvgIpc) is 2.52. The standard InChI is InChI=1S/C15H22N2O6S/c1-4-23-15(19)12-5-7-13(8-6-12)17(24(3,20)21)11-14(18)16-9-10-22-2/h5-8H,4,9-11H2,1-3H3,(H,16,18). The van der Waals surface area contributed by atoms with Gasteiger partial charge in [-0.2, -0.15) is 0 Å². The van der Waals surface area contributed by atoms with Crippen molar-refractivity contribution in [3.63, 3.8) is 0 Å². The maximum absolute atomic E-state index is 11.9. The van der Waals surface area contributed by atoms with Crippen LogP contribution in [0.1, 0.15) is 17.3 Å². The highest BCUT2D eigenvalue weighted by atomic mass is 32.2. The van der Waals surface area contributed by atoms with E-state index in [0.717, 1.165) is 10.6 Å². The molecule has 0 aliphatic rings. The Hall–Kier alpha value is -2.13. The number of anilines is 1. The highest BCUT2D eigenvalue weighted by Crippen LogP contribution is 2.18. The summed E-state index contributed by atoms with van der Waals surface area (Å²) < 4.78 is 34.5. The monoisotopic (exact) mass is 358 g/mol. The van der Waals surface area contributed by atoms with E-state index in [2.05, 4.69) is 5.32 Å². The van der Waals surface area contributed by atoms with Crippen molar-refractivity contribution in [3.05, 3.63) is 29.8 Å². The molecule has 0 spiro atoms. The van der Waals surface area contributed by atoms with Gasteiger partial charge in [-0.05, 0) is 31.2 Å². The molecular weight excluding hydrogens is 336 g/mol. The van der Waals surface area contributed by atoms with Gasteiger partial charge in [0.2, 0.25) is 15.9 Å². The van der Waals surface area contributed by atoms with Gasteiger partial charge in [-0.1, -0.05) is 0 Å². The zero-order valence-electron chi connectivity index (χ0n) is 13.9. The van der Waals surface area contributed by atoms with Crippen LogP contribution >= 0.6 is 0 Å². The fraction of sp³-hybridized carbons (Fsp3) is 0.467. The van der Waals surface area contributed by atoms with E-state index in [4.69, 9.17) is 9.47 Å². The minimum absolute atomic E-state index is 0.248. The van der Waals surface area contributed by atoms with E-state index < -0.39 is 21.9 Å².